The Bertz CT molecular complexity index is 262. The number of hydrogen-bond donors (Lipinski definition) is 1. The number of hydrogen-bond acceptors (Lipinski definition) is 5. The zero-order valence-corrected chi connectivity index (χ0v) is 8.79. The topological polar surface area (TPSA) is 65.0 Å². The monoisotopic (exact) mass is 218 g/mol. The Labute approximate surface area is 89.8 Å². The molecule has 2 aliphatic heterocycles. The van der Waals surface area contributed by atoms with Crippen LogP contribution in [0.2, 0.25) is 0 Å². The molecule has 0 aromatic carbocycles. The molecule has 0 bridgehead atoms. The van der Waals surface area contributed by atoms with Crippen molar-refractivity contribution < 1.29 is 24.1 Å². The van der Waals surface area contributed by atoms with Crippen LogP contribution in [-0.2, 0) is 19.0 Å². The van der Waals surface area contributed by atoms with Gasteiger partial charge in [-0.05, 0) is 6.92 Å². The number of aliphatic hydroxyl groups is 1. The van der Waals surface area contributed by atoms with Gasteiger partial charge in [0.15, 0.2) is 12.6 Å². The van der Waals surface area contributed by atoms with Gasteiger partial charge in [0.25, 0.3) is 0 Å². The standard InChI is InChI=1S/C10H16O5/c1-5-9(12)7(3-11)15-8-4-13-6(2)14-10(5)8/h3,5-10,12H,4H2,1-2H3/t5-,6?,7+,8?,9?,10-/m1/s1/i12T. The van der Waals surface area contributed by atoms with E-state index in [1.54, 1.807) is 0 Å². The SMILES string of the molecule is [3H]OC1[C@H](C=O)OC2COC(C)O[C@@H]2[C@@H]1C. The van der Waals surface area contributed by atoms with Crippen molar-refractivity contribution in [3.8, 4) is 0 Å². The fourth-order valence-electron chi connectivity index (χ4n) is 2.13. The smallest absolute Gasteiger partial charge is 0.211 e. The van der Waals surface area contributed by atoms with E-state index < -0.39 is 12.2 Å². The van der Waals surface area contributed by atoms with Gasteiger partial charge in [-0.3, -0.25) is 0 Å². The average molecular weight is 218 g/mol. The Morgan fingerprint density at radius 2 is 2.27 bits per heavy atom. The van der Waals surface area contributed by atoms with Gasteiger partial charge in [-0.15, -0.1) is 0 Å². The number of carbonyl (C=O) groups is 1. The van der Waals surface area contributed by atoms with E-state index in [1.807, 2.05) is 13.8 Å². The first-order valence-corrected chi connectivity index (χ1v) is 5.17. The first kappa shape index (κ1) is 9.72. The van der Waals surface area contributed by atoms with Crippen LogP contribution >= 0.6 is 0 Å². The molecule has 0 aromatic heterocycles. The second kappa shape index (κ2) is 4.17. The Kier molecular flexibility index (Phi) is 2.70. The first-order chi connectivity index (χ1) is 7.67. The minimum Gasteiger partial charge on any atom is -0.390 e. The quantitative estimate of drug-likeness (QED) is 0.645. The summed E-state index contributed by atoms with van der Waals surface area (Å²) >= 11 is 0. The van der Waals surface area contributed by atoms with E-state index in [0.717, 1.165) is 0 Å². The number of fused-ring (bicyclic) bond motifs is 1. The lowest BCUT2D eigenvalue weighted by Crippen LogP contribution is -2.59. The van der Waals surface area contributed by atoms with Crippen LogP contribution in [0.15, 0.2) is 0 Å². The summed E-state index contributed by atoms with van der Waals surface area (Å²) in [6.07, 6.45) is -1.35. The maximum absolute atomic E-state index is 10.8. The third kappa shape index (κ3) is 1.92. The molecule has 6 atom stereocenters. The highest BCUT2D eigenvalue weighted by Gasteiger charge is 2.46. The van der Waals surface area contributed by atoms with Crippen LogP contribution in [0.3, 0.4) is 0 Å². The summed E-state index contributed by atoms with van der Waals surface area (Å²) < 4.78 is 23.4. The van der Waals surface area contributed by atoms with Gasteiger partial charge in [-0.1, -0.05) is 6.92 Å². The number of aliphatic hydroxyl groups excluding tert-OH is 1. The highest BCUT2D eigenvalue weighted by Crippen LogP contribution is 2.31. The Morgan fingerprint density at radius 1 is 1.47 bits per heavy atom. The van der Waals surface area contributed by atoms with Gasteiger partial charge < -0.3 is 24.1 Å². The van der Waals surface area contributed by atoms with Crippen molar-refractivity contribution in [2.24, 2.45) is 5.92 Å². The second-order valence-corrected chi connectivity index (χ2v) is 4.10. The molecule has 3 unspecified atom stereocenters. The molecule has 1 N–H and O–H groups in total. The number of rotatable bonds is 2. The van der Waals surface area contributed by atoms with Crippen LogP contribution < -0.4 is 0 Å². The van der Waals surface area contributed by atoms with E-state index in [9.17, 15) is 4.79 Å². The van der Waals surface area contributed by atoms with Crippen LogP contribution in [0.4, 0.5) is 0 Å². The minimum absolute atomic E-state index is 0.0715. The average Bonchev–Trinajstić information content (AvgIpc) is 2.29. The molecule has 2 saturated heterocycles. The van der Waals surface area contributed by atoms with E-state index in [-0.39, 0.29) is 24.4 Å². The molecule has 5 nitrogen and oxygen atoms in total. The molecule has 2 heterocycles. The molecule has 0 radical (unpaired) electrons. The summed E-state index contributed by atoms with van der Waals surface area (Å²) in [4.78, 5) is 10.8. The molecule has 15 heavy (non-hydrogen) atoms. The summed E-state index contributed by atoms with van der Waals surface area (Å²) in [5, 5.41) is 4.56. The Balaban J connectivity index is 2.13. The molecule has 0 aromatic rings. The molecular weight excluding hydrogens is 200 g/mol. The predicted octanol–water partition coefficient (Wildman–Crippen LogP) is -0.289. The Hall–Kier alpha value is -0.490. The van der Waals surface area contributed by atoms with Crippen LogP contribution in [-0.4, -0.2) is 50.1 Å². The lowest BCUT2D eigenvalue weighted by atomic mass is 9.87. The van der Waals surface area contributed by atoms with Gasteiger partial charge in [0, 0.05) is 5.92 Å². The van der Waals surface area contributed by atoms with Crippen molar-refractivity contribution in [1.29, 1.82) is 1.43 Å². The molecule has 86 valence electrons. The highest BCUT2D eigenvalue weighted by atomic mass is 16.7. The first-order valence-electron chi connectivity index (χ1n) is 5.58. The molecule has 0 spiro atoms. The third-order valence-corrected chi connectivity index (χ3v) is 3.04. The van der Waals surface area contributed by atoms with Crippen LogP contribution in [0.1, 0.15) is 13.8 Å². The summed E-state index contributed by atoms with van der Waals surface area (Å²) in [6.45, 7) is 4.12. The highest BCUT2D eigenvalue weighted by molar-refractivity contribution is 5.57. The molecule has 2 rings (SSSR count). The van der Waals surface area contributed by atoms with Crippen LogP contribution in [0, 0.1) is 5.92 Å². The van der Waals surface area contributed by atoms with Crippen LogP contribution in [0.5, 0.6) is 0 Å². The third-order valence-electron chi connectivity index (χ3n) is 3.04. The van der Waals surface area contributed by atoms with Crippen LogP contribution in [0.25, 0.3) is 0 Å². The minimum atomic E-state index is -0.714. The van der Waals surface area contributed by atoms with Gasteiger partial charge in [0.05, 0.1) is 18.8 Å². The lowest BCUT2D eigenvalue weighted by molar-refractivity contribution is -0.303. The number of ether oxygens (including phenoxy) is 3. The largest absolute Gasteiger partial charge is 0.390 e. The van der Waals surface area contributed by atoms with E-state index in [4.69, 9.17) is 15.6 Å². The molecule has 5 heteroatoms. The predicted molar refractivity (Wildman–Crippen MR) is 50.2 cm³/mol. The van der Waals surface area contributed by atoms with Gasteiger partial charge in [-0.2, -0.15) is 0 Å². The summed E-state index contributed by atoms with van der Waals surface area (Å²) in [6, 6.07) is 0. The fourth-order valence-corrected chi connectivity index (χ4v) is 2.13. The Morgan fingerprint density at radius 3 is 2.93 bits per heavy atom. The van der Waals surface area contributed by atoms with E-state index in [2.05, 4.69) is 5.11 Å². The molecule has 0 aliphatic carbocycles. The molecule has 2 aliphatic rings. The number of aldehydes is 1. The van der Waals surface area contributed by atoms with E-state index >= 15 is 0 Å². The van der Waals surface area contributed by atoms with Crippen molar-refractivity contribution >= 4 is 6.29 Å². The van der Waals surface area contributed by atoms with Crippen molar-refractivity contribution in [2.45, 2.75) is 44.6 Å². The zero-order chi connectivity index (χ0) is 11.7. The van der Waals surface area contributed by atoms with Crippen molar-refractivity contribution in [3.05, 3.63) is 0 Å². The van der Waals surface area contributed by atoms with Crippen molar-refractivity contribution in [2.75, 3.05) is 6.61 Å². The maximum atomic E-state index is 10.8. The normalized spacial score (nSPS) is 51.7. The van der Waals surface area contributed by atoms with Crippen molar-refractivity contribution in [1.82, 2.24) is 0 Å². The molecule has 0 amide bonds. The number of carbonyl (C=O) groups excluding carboxylic acids is 1. The summed E-state index contributed by atoms with van der Waals surface area (Å²) in [7, 11) is 0. The van der Waals surface area contributed by atoms with E-state index in [0.29, 0.717) is 12.9 Å². The molecular formula is C10H16O5. The lowest BCUT2D eigenvalue weighted by Gasteiger charge is -2.45. The molecule has 2 fully saturated rings. The van der Waals surface area contributed by atoms with Gasteiger partial charge in [-0.25, -0.2) is 0 Å². The molecule has 0 saturated carbocycles. The van der Waals surface area contributed by atoms with E-state index in [1.165, 1.54) is 0 Å². The summed E-state index contributed by atoms with van der Waals surface area (Å²) in [5.74, 6) is -0.0715. The van der Waals surface area contributed by atoms with Gasteiger partial charge in [0.1, 0.15) is 12.2 Å². The second-order valence-electron chi connectivity index (χ2n) is 4.10. The van der Waals surface area contributed by atoms with Gasteiger partial charge >= 0.3 is 0 Å². The van der Waals surface area contributed by atoms with Gasteiger partial charge in [0.2, 0.25) is 1.43 Å². The van der Waals surface area contributed by atoms with Crippen molar-refractivity contribution in [3.63, 3.8) is 0 Å². The summed E-state index contributed by atoms with van der Waals surface area (Å²) in [5.41, 5.74) is 0. The zero-order valence-electron chi connectivity index (χ0n) is 9.79. The fraction of sp³-hybridized carbons (Fsp3) is 0.900. The maximum Gasteiger partial charge on any atom is 0.211 e.